The third-order valence-electron chi connectivity index (χ3n) is 3.69. The molecule has 0 fully saturated rings. The molecule has 28 heavy (non-hydrogen) atoms. The molecule has 0 aliphatic rings. The van der Waals surface area contributed by atoms with Crippen molar-refractivity contribution in [1.29, 1.82) is 0 Å². The Morgan fingerprint density at radius 3 is 1.93 bits per heavy atom. The highest BCUT2D eigenvalue weighted by atomic mass is 32.2. The number of sulfonamides is 1. The first-order valence-corrected chi connectivity index (χ1v) is 9.29. The van der Waals surface area contributed by atoms with Gasteiger partial charge in [0, 0.05) is 13.1 Å². The van der Waals surface area contributed by atoms with Gasteiger partial charge in [-0.3, -0.25) is 0 Å². The minimum atomic E-state index is -5.58. The summed E-state index contributed by atoms with van der Waals surface area (Å²) in [5, 5.41) is 0. The molecule has 10 heteroatoms. The molecule has 2 aromatic rings. The number of alkyl halides is 6. The van der Waals surface area contributed by atoms with Gasteiger partial charge in [0.15, 0.2) is 0 Å². The zero-order valence-corrected chi connectivity index (χ0v) is 15.0. The van der Waals surface area contributed by atoms with Gasteiger partial charge in [-0.2, -0.15) is 30.6 Å². The molecule has 0 aliphatic carbocycles. The Bertz CT molecular complexity index is 904. The van der Waals surface area contributed by atoms with Crippen LogP contribution in [0.1, 0.15) is 16.7 Å². The van der Waals surface area contributed by atoms with Crippen molar-refractivity contribution in [2.24, 2.45) is 0 Å². The Morgan fingerprint density at radius 1 is 0.857 bits per heavy atom. The smallest absolute Gasteiger partial charge is 0.203 e. The van der Waals surface area contributed by atoms with Crippen molar-refractivity contribution in [3.63, 3.8) is 0 Å². The predicted octanol–water partition coefficient (Wildman–Crippen LogP) is 5.07. The van der Waals surface area contributed by atoms with Gasteiger partial charge >= 0.3 is 21.7 Å². The van der Waals surface area contributed by atoms with Crippen molar-refractivity contribution >= 4 is 16.1 Å². The van der Waals surface area contributed by atoms with Gasteiger partial charge < -0.3 is 0 Å². The minimum absolute atomic E-state index is 0.253. The second kappa shape index (κ2) is 8.36. The number of hydrogen-bond acceptors (Lipinski definition) is 2. The fraction of sp³-hybridized carbons (Fsp3) is 0.222. The zero-order chi connectivity index (χ0) is 21.0. The van der Waals surface area contributed by atoms with E-state index >= 15 is 0 Å². The number of nitrogens with zero attached hydrogens (tertiary/aromatic N) is 1. The highest BCUT2D eigenvalue weighted by Gasteiger charge is 2.49. The predicted molar refractivity (Wildman–Crippen MR) is 92.3 cm³/mol. The molecule has 0 bridgehead atoms. The Morgan fingerprint density at radius 2 is 1.43 bits per heavy atom. The summed E-state index contributed by atoms with van der Waals surface area (Å²) in [5.74, 6) is 0. The van der Waals surface area contributed by atoms with E-state index in [2.05, 4.69) is 0 Å². The Labute approximate surface area is 158 Å². The molecule has 0 amide bonds. The maximum absolute atomic E-state index is 12.9. The first-order chi connectivity index (χ1) is 12.9. The summed E-state index contributed by atoms with van der Waals surface area (Å²) in [6.45, 7) is -1.10. The number of rotatable bonds is 6. The van der Waals surface area contributed by atoms with Crippen LogP contribution in [0.5, 0.6) is 0 Å². The van der Waals surface area contributed by atoms with Crippen molar-refractivity contribution < 1.29 is 34.8 Å². The molecular formula is C18H15F6NO2S. The summed E-state index contributed by atoms with van der Waals surface area (Å²) in [7, 11) is -5.58. The van der Waals surface area contributed by atoms with Gasteiger partial charge in [-0.1, -0.05) is 54.6 Å². The Kier molecular flexibility index (Phi) is 6.56. The lowest BCUT2D eigenvalue weighted by Crippen LogP contribution is -2.40. The summed E-state index contributed by atoms with van der Waals surface area (Å²) in [6.07, 6.45) is -2.10. The van der Waals surface area contributed by atoms with E-state index in [9.17, 15) is 34.8 Å². The van der Waals surface area contributed by atoms with Crippen LogP contribution in [0.4, 0.5) is 26.3 Å². The normalized spacial score (nSPS) is 13.4. The van der Waals surface area contributed by atoms with Crippen LogP contribution in [-0.4, -0.2) is 24.8 Å². The maximum atomic E-state index is 12.9. The molecule has 0 radical (unpaired) electrons. The lowest BCUT2D eigenvalue weighted by Gasteiger charge is -2.22. The van der Waals surface area contributed by atoms with Crippen molar-refractivity contribution in [1.82, 2.24) is 4.31 Å². The van der Waals surface area contributed by atoms with Crippen LogP contribution in [0.2, 0.25) is 0 Å². The minimum Gasteiger partial charge on any atom is -0.203 e. The van der Waals surface area contributed by atoms with E-state index in [0.717, 1.165) is 30.3 Å². The molecule has 0 saturated heterocycles. The average molecular weight is 423 g/mol. The number of halogens is 6. The van der Waals surface area contributed by atoms with Crippen LogP contribution in [0, 0.1) is 0 Å². The van der Waals surface area contributed by atoms with Crippen molar-refractivity contribution in [3.05, 3.63) is 77.4 Å². The van der Waals surface area contributed by atoms with Gasteiger partial charge in [0.1, 0.15) is 0 Å². The summed E-state index contributed by atoms with van der Waals surface area (Å²) >= 11 is 0. The van der Waals surface area contributed by atoms with Crippen LogP contribution in [0.25, 0.3) is 6.08 Å². The fourth-order valence-electron chi connectivity index (χ4n) is 2.27. The average Bonchev–Trinajstić information content (AvgIpc) is 2.60. The molecule has 2 aromatic carbocycles. The van der Waals surface area contributed by atoms with Gasteiger partial charge in [-0.15, -0.1) is 0 Å². The van der Waals surface area contributed by atoms with E-state index < -0.39 is 40.4 Å². The second-order valence-corrected chi connectivity index (χ2v) is 7.68. The van der Waals surface area contributed by atoms with Gasteiger partial charge in [0.05, 0.1) is 5.56 Å². The summed E-state index contributed by atoms with van der Waals surface area (Å²) < 4.78 is 100. The van der Waals surface area contributed by atoms with Crippen molar-refractivity contribution in [2.75, 3.05) is 6.54 Å². The van der Waals surface area contributed by atoms with Crippen LogP contribution >= 0.6 is 0 Å². The molecule has 0 spiro atoms. The quantitative estimate of drug-likeness (QED) is 0.609. The largest absolute Gasteiger partial charge is 0.511 e. The monoisotopic (exact) mass is 423 g/mol. The standard InChI is InChI=1S/C18H15F6NO2S/c19-17(20,21)16-10-8-14(9-11-16)7-4-12-25(28(26,27)18(22,23)24)13-15-5-2-1-3-6-15/h1-11H,12-13H2. The molecule has 0 atom stereocenters. The molecule has 0 heterocycles. The Balaban J connectivity index is 2.19. The lowest BCUT2D eigenvalue weighted by molar-refractivity contribution is -0.137. The Hall–Kier alpha value is -2.33. The van der Waals surface area contributed by atoms with E-state index in [-0.39, 0.29) is 9.87 Å². The highest BCUT2D eigenvalue weighted by molar-refractivity contribution is 7.89. The van der Waals surface area contributed by atoms with E-state index in [0.29, 0.717) is 5.56 Å². The first-order valence-electron chi connectivity index (χ1n) is 7.85. The van der Waals surface area contributed by atoms with Gasteiger partial charge in [0.2, 0.25) is 0 Å². The van der Waals surface area contributed by atoms with E-state index in [1.165, 1.54) is 18.2 Å². The van der Waals surface area contributed by atoms with Crippen LogP contribution in [0.15, 0.2) is 60.7 Å². The van der Waals surface area contributed by atoms with Crippen molar-refractivity contribution in [3.8, 4) is 0 Å². The first kappa shape index (κ1) is 22.0. The van der Waals surface area contributed by atoms with Crippen molar-refractivity contribution in [2.45, 2.75) is 18.2 Å². The zero-order valence-electron chi connectivity index (χ0n) is 14.2. The highest BCUT2D eigenvalue weighted by Crippen LogP contribution is 2.30. The molecule has 0 unspecified atom stereocenters. The van der Waals surface area contributed by atoms with Crippen LogP contribution in [0.3, 0.4) is 0 Å². The molecule has 2 rings (SSSR count). The lowest BCUT2D eigenvalue weighted by atomic mass is 10.1. The molecular weight excluding hydrogens is 408 g/mol. The molecule has 152 valence electrons. The maximum Gasteiger partial charge on any atom is 0.511 e. The second-order valence-electron chi connectivity index (χ2n) is 5.75. The molecule has 0 aliphatic heterocycles. The third-order valence-corrected chi connectivity index (χ3v) is 5.23. The van der Waals surface area contributed by atoms with Crippen LogP contribution in [-0.2, 0) is 22.7 Å². The molecule has 0 saturated carbocycles. The fourth-order valence-corrected chi connectivity index (χ4v) is 3.16. The molecule has 0 aromatic heterocycles. The van der Waals surface area contributed by atoms with E-state index in [4.69, 9.17) is 0 Å². The molecule has 0 N–H and O–H groups in total. The summed E-state index contributed by atoms with van der Waals surface area (Å²) in [4.78, 5) is 0. The van der Waals surface area contributed by atoms with E-state index in [1.807, 2.05) is 0 Å². The third kappa shape index (κ3) is 5.59. The number of benzene rings is 2. The topological polar surface area (TPSA) is 37.4 Å². The van der Waals surface area contributed by atoms with Gasteiger partial charge in [-0.05, 0) is 23.3 Å². The molecule has 3 nitrogen and oxygen atoms in total. The summed E-state index contributed by atoms with van der Waals surface area (Å²) in [6, 6.07) is 11.7. The summed E-state index contributed by atoms with van der Waals surface area (Å²) in [5.41, 5.74) is -5.69. The van der Waals surface area contributed by atoms with Crippen LogP contribution < -0.4 is 0 Å². The van der Waals surface area contributed by atoms with Gasteiger partial charge in [0.25, 0.3) is 0 Å². The van der Waals surface area contributed by atoms with E-state index in [1.54, 1.807) is 18.2 Å². The SMILES string of the molecule is O=S(=O)(N(CC=Cc1ccc(C(F)(F)F)cc1)Cc1ccccc1)C(F)(F)F. The van der Waals surface area contributed by atoms with Gasteiger partial charge in [-0.25, -0.2) is 8.42 Å². The number of hydrogen-bond donors (Lipinski definition) is 0.